The van der Waals surface area contributed by atoms with E-state index in [0.717, 1.165) is 18.4 Å². The van der Waals surface area contributed by atoms with Crippen molar-refractivity contribution in [1.29, 1.82) is 0 Å². The van der Waals surface area contributed by atoms with Gasteiger partial charge in [0.15, 0.2) is 5.41 Å². The molecule has 0 unspecified atom stereocenters. The van der Waals surface area contributed by atoms with Gasteiger partial charge in [-0.2, -0.15) is 0 Å². The molecule has 0 aromatic heterocycles. The highest BCUT2D eigenvalue weighted by molar-refractivity contribution is 6.04. The van der Waals surface area contributed by atoms with Gasteiger partial charge in [-0.25, -0.2) is 0 Å². The number of ether oxygens (including phenoxy) is 2. The van der Waals surface area contributed by atoms with Crippen LogP contribution in [0.4, 0.5) is 0 Å². The van der Waals surface area contributed by atoms with Crippen molar-refractivity contribution in [2.24, 2.45) is 17.3 Å². The zero-order valence-corrected chi connectivity index (χ0v) is 19.9. The molecule has 0 radical (unpaired) electrons. The van der Waals surface area contributed by atoms with E-state index in [1.165, 1.54) is 0 Å². The van der Waals surface area contributed by atoms with E-state index in [0.29, 0.717) is 19.4 Å². The number of carbonyl (C=O) groups is 2. The third-order valence-electron chi connectivity index (χ3n) is 6.70. The van der Waals surface area contributed by atoms with Crippen LogP contribution in [0.2, 0.25) is 0 Å². The SMILES string of the molecule is C=CCCC[C@]1(C(=O)OC(C)(C)C)C(=O)N2[C@H](OC[C@H]2c2ccccc2)[C@@H](CC)[C@H]1C=C. The van der Waals surface area contributed by atoms with Crippen molar-refractivity contribution in [3.8, 4) is 0 Å². The van der Waals surface area contributed by atoms with Gasteiger partial charge in [0.1, 0.15) is 11.8 Å². The molecule has 0 saturated carbocycles. The molecule has 2 saturated heterocycles. The smallest absolute Gasteiger partial charge is 0.322 e. The Morgan fingerprint density at radius 3 is 2.53 bits per heavy atom. The second-order valence-electron chi connectivity index (χ2n) is 9.85. The third-order valence-corrected chi connectivity index (χ3v) is 6.70. The van der Waals surface area contributed by atoms with Crippen molar-refractivity contribution in [3.63, 3.8) is 0 Å². The molecule has 5 atom stereocenters. The predicted molar refractivity (Wildman–Crippen MR) is 126 cm³/mol. The van der Waals surface area contributed by atoms with Crippen molar-refractivity contribution in [3.05, 3.63) is 61.2 Å². The molecule has 1 amide bonds. The van der Waals surface area contributed by atoms with Crippen molar-refractivity contribution >= 4 is 11.9 Å². The van der Waals surface area contributed by atoms with Crippen LogP contribution in [0.5, 0.6) is 0 Å². The largest absolute Gasteiger partial charge is 0.459 e. The van der Waals surface area contributed by atoms with Gasteiger partial charge < -0.3 is 14.4 Å². The second kappa shape index (κ2) is 9.62. The number of hydrogen-bond donors (Lipinski definition) is 0. The summed E-state index contributed by atoms with van der Waals surface area (Å²) < 4.78 is 12.1. The van der Waals surface area contributed by atoms with Crippen molar-refractivity contribution in [1.82, 2.24) is 4.90 Å². The summed E-state index contributed by atoms with van der Waals surface area (Å²) in [6.45, 7) is 15.9. The number of rotatable bonds is 8. The zero-order valence-electron chi connectivity index (χ0n) is 19.9. The number of carbonyl (C=O) groups excluding carboxylic acids is 2. The summed E-state index contributed by atoms with van der Waals surface area (Å²) in [5.41, 5.74) is -1.01. The van der Waals surface area contributed by atoms with E-state index in [1.54, 1.807) is 6.08 Å². The topological polar surface area (TPSA) is 55.8 Å². The van der Waals surface area contributed by atoms with Gasteiger partial charge in [-0.1, -0.05) is 49.4 Å². The molecule has 2 fully saturated rings. The number of allylic oxidation sites excluding steroid dienone is 2. The number of amides is 1. The van der Waals surface area contributed by atoms with Crippen LogP contribution in [-0.2, 0) is 19.1 Å². The van der Waals surface area contributed by atoms with Crippen LogP contribution in [0.25, 0.3) is 0 Å². The maximum Gasteiger partial charge on any atom is 0.322 e. The first-order valence-corrected chi connectivity index (χ1v) is 11.7. The Morgan fingerprint density at radius 2 is 1.97 bits per heavy atom. The monoisotopic (exact) mass is 439 g/mol. The maximum atomic E-state index is 14.3. The molecule has 1 aromatic rings. The molecule has 0 N–H and O–H groups in total. The van der Waals surface area contributed by atoms with E-state index in [9.17, 15) is 9.59 Å². The molecule has 2 heterocycles. The number of piperidine rings is 1. The first-order valence-electron chi connectivity index (χ1n) is 11.7. The molecule has 2 aliphatic heterocycles. The normalized spacial score (nSPS) is 30.0. The highest BCUT2D eigenvalue weighted by atomic mass is 16.6. The minimum atomic E-state index is -1.32. The first-order chi connectivity index (χ1) is 15.2. The Hall–Kier alpha value is -2.40. The fraction of sp³-hybridized carbons (Fsp3) is 0.556. The molecule has 1 aromatic carbocycles. The van der Waals surface area contributed by atoms with E-state index in [1.807, 2.05) is 62.1 Å². The zero-order chi connectivity index (χ0) is 23.5. The van der Waals surface area contributed by atoms with E-state index in [-0.39, 0.29) is 30.0 Å². The molecule has 5 heteroatoms. The van der Waals surface area contributed by atoms with E-state index >= 15 is 0 Å². The van der Waals surface area contributed by atoms with Crippen molar-refractivity contribution < 1.29 is 19.1 Å². The van der Waals surface area contributed by atoms with Gasteiger partial charge >= 0.3 is 5.97 Å². The molecular weight excluding hydrogens is 402 g/mol. The van der Waals surface area contributed by atoms with Crippen LogP contribution < -0.4 is 0 Å². The minimum Gasteiger partial charge on any atom is -0.459 e. The van der Waals surface area contributed by atoms with Gasteiger partial charge in [-0.15, -0.1) is 13.2 Å². The second-order valence-corrected chi connectivity index (χ2v) is 9.85. The molecule has 0 aliphatic carbocycles. The quantitative estimate of drug-likeness (QED) is 0.234. The summed E-state index contributed by atoms with van der Waals surface area (Å²) in [5.74, 6) is -1.08. The van der Waals surface area contributed by atoms with Crippen molar-refractivity contribution in [2.75, 3.05) is 6.61 Å². The van der Waals surface area contributed by atoms with E-state index in [4.69, 9.17) is 9.47 Å². The molecule has 0 spiro atoms. The minimum absolute atomic E-state index is 0.0461. The summed E-state index contributed by atoms with van der Waals surface area (Å²) >= 11 is 0. The molecule has 0 bridgehead atoms. The number of benzene rings is 1. The predicted octanol–water partition coefficient (Wildman–Crippen LogP) is 5.44. The Bertz CT molecular complexity index is 843. The molecular formula is C27H37NO4. The average Bonchev–Trinajstić information content (AvgIpc) is 3.19. The number of nitrogens with zero attached hydrogens (tertiary/aromatic N) is 1. The summed E-state index contributed by atoms with van der Waals surface area (Å²) in [5, 5.41) is 0. The molecule has 3 rings (SSSR count). The fourth-order valence-electron chi connectivity index (χ4n) is 5.29. The standard InChI is InChI=1S/C27H37NO4/c1-7-10-14-17-27(25(30)32-26(4,5)6)21(9-3)20(8-2)23-28(24(27)29)22(18-31-23)19-15-12-11-13-16-19/h7,9,11-13,15-16,20-23H,1,3,8,10,14,17-18H2,2,4-6H3/t20-,21+,22-,23+,27+/m0/s1. The van der Waals surface area contributed by atoms with Gasteiger partial charge in [0.2, 0.25) is 5.91 Å². The van der Waals surface area contributed by atoms with Gasteiger partial charge in [0.25, 0.3) is 0 Å². The van der Waals surface area contributed by atoms with Gasteiger partial charge in [-0.05, 0) is 52.0 Å². The summed E-state index contributed by atoms with van der Waals surface area (Å²) in [6, 6.07) is 9.68. The lowest BCUT2D eigenvalue weighted by atomic mass is 9.61. The lowest BCUT2D eigenvalue weighted by Gasteiger charge is -2.51. The number of fused-ring (bicyclic) bond motifs is 1. The van der Waals surface area contributed by atoms with Crippen molar-refractivity contribution in [2.45, 2.75) is 71.2 Å². The molecule has 2 aliphatic rings. The Labute approximate surface area is 192 Å². The van der Waals surface area contributed by atoms with Crippen LogP contribution in [0, 0.1) is 17.3 Å². The highest BCUT2D eigenvalue weighted by Crippen LogP contribution is 2.53. The average molecular weight is 440 g/mol. The Kier molecular flexibility index (Phi) is 7.29. The van der Waals surface area contributed by atoms with Crippen LogP contribution in [0.1, 0.15) is 65.0 Å². The number of unbranched alkanes of at least 4 members (excludes halogenated alkanes) is 1. The van der Waals surface area contributed by atoms with Gasteiger partial charge in [-0.3, -0.25) is 9.59 Å². The number of hydrogen-bond acceptors (Lipinski definition) is 4. The lowest BCUT2D eigenvalue weighted by Crippen LogP contribution is -2.64. The fourth-order valence-corrected chi connectivity index (χ4v) is 5.29. The van der Waals surface area contributed by atoms with Crippen LogP contribution in [0.3, 0.4) is 0 Å². The van der Waals surface area contributed by atoms with Gasteiger partial charge in [0.05, 0.1) is 12.6 Å². The van der Waals surface area contributed by atoms with Crippen LogP contribution in [0.15, 0.2) is 55.6 Å². The number of esters is 1. The summed E-state index contributed by atoms with van der Waals surface area (Å²) in [4.78, 5) is 30.0. The van der Waals surface area contributed by atoms with Crippen LogP contribution >= 0.6 is 0 Å². The Morgan fingerprint density at radius 1 is 1.28 bits per heavy atom. The summed E-state index contributed by atoms with van der Waals surface area (Å²) in [6.07, 6.45) is 5.77. The van der Waals surface area contributed by atoms with E-state index < -0.39 is 17.0 Å². The Balaban J connectivity index is 2.13. The molecule has 5 nitrogen and oxygen atoms in total. The molecule has 32 heavy (non-hydrogen) atoms. The first kappa shape index (κ1) is 24.2. The summed E-state index contributed by atoms with van der Waals surface area (Å²) in [7, 11) is 0. The lowest BCUT2D eigenvalue weighted by molar-refractivity contribution is -0.195. The van der Waals surface area contributed by atoms with Gasteiger partial charge in [0, 0.05) is 11.8 Å². The van der Waals surface area contributed by atoms with Crippen LogP contribution in [-0.4, -0.2) is 35.2 Å². The molecule has 174 valence electrons. The van der Waals surface area contributed by atoms with E-state index in [2.05, 4.69) is 20.1 Å². The highest BCUT2D eigenvalue weighted by Gasteiger charge is 2.64. The third kappa shape index (κ3) is 4.27. The maximum absolute atomic E-state index is 14.3.